The molecule has 1 amide bonds. The van der Waals surface area contributed by atoms with E-state index >= 15 is 0 Å². The second-order valence-electron chi connectivity index (χ2n) is 7.59. The first-order valence-corrected chi connectivity index (χ1v) is 10.4. The van der Waals surface area contributed by atoms with E-state index in [-0.39, 0.29) is 17.9 Å². The number of likely N-dealkylation sites (tertiary alicyclic amines) is 1. The predicted octanol–water partition coefficient (Wildman–Crippen LogP) is 3.76. The third-order valence-electron chi connectivity index (χ3n) is 5.51. The summed E-state index contributed by atoms with van der Waals surface area (Å²) in [5.41, 5.74) is 8.03. The molecule has 1 fully saturated rings. The lowest BCUT2D eigenvalue weighted by atomic mass is 9.88. The molecule has 1 aliphatic rings. The van der Waals surface area contributed by atoms with Crippen LogP contribution < -0.4 is 5.73 Å². The normalized spacial score (nSPS) is 16.1. The molecule has 0 radical (unpaired) electrons. The lowest BCUT2D eigenvalue weighted by Crippen LogP contribution is -2.41. The van der Waals surface area contributed by atoms with Gasteiger partial charge in [0.15, 0.2) is 0 Å². The Morgan fingerprint density at radius 3 is 2.32 bits per heavy atom. The molecule has 28 heavy (non-hydrogen) atoms. The number of hydrogen-bond donors (Lipinski definition) is 1. The van der Waals surface area contributed by atoms with E-state index in [1.807, 2.05) is 17.0 Å². The minimum Gasteiger partial charge on any atom is -0.378 e. The van der Waals surface area contributed by atoms with Crippen molar-refractivity contribution in [3.8, 4) is 0 Å². The molecule has 4 nitrogen and oxygen atoms in total. The summed E-state index contributed by atoms with van der Waals surface area (Å²) in [4.78, 5) is 15.0. The van der Waals surface area contributed by atoms with Crippen LogP contribution in [0.4, 0.5) is 0 Å². The highest BCUT2D eigenvalue weighted by Crippen LogP contribution is 2.26. The van der Waals surface area contributed by atoms with Crippen molar-refractivity contribution in [2.75, 3.05) is 26.2 Å². The molecule has 1 atom stereocenters. The average molecular weight is 381 g/mol. The maximum Gasteiger partial charge on any atom is 0.223 e. The molecule has 1 unspecified atom stereocenters. The van der Waals surface area contributed by atoms with Crippen LogP contribution in [-0.2, 0) is 16.0 Å². The minimum absolute atomic E-state index is 0.203. The number of nitrogens with zero attached hydrogens (tertiary/aromatic N) is 1. The smallest absolute Gasteiger partial charge is 0.223 e. The Bertz CT molecular complexity index is 697. The van der Waals surface area contributed by atoms with E-state index in [1.54, 1.807) is 0 Å². The van der Waals surface area contributed by atoms with Crippen molar-refractivity contribution >= 4 is 5.91 Å². The summed E-state index contributed by atoms with van der Waals surface area (Å²) >= 11 is 0. The van der Waals surface area contributed by atoms with Gasteiger partial charge < -0.3 is 15.4 Å². The van der Waals surface area contributed by atoms with Crippen LogP contribution in [0.5, 0.6) is 0 Å². The molecule has 0 spiro atoms. The number of rotatable bonds is 9. The molecule has 4 heteroatoms. The van der Waals surface area contributed by atoms with Crippen LogP contribution >= 0.6 is 0 Å². The molecule has 0 aliphatic carbocycles. The Kier molecular flexibility index (Phi) is 8.07. The van der Waals surface area contributed by atoms with E-state index in [4.69, 9.17) is 10.5 Å². The third kappa shape index (κ3) is 6.18. The maximum atomic E-state index is 13.0. The number of hydrogen-bond acceptors (Lipinski definition) is 3. The van der Waals surface area contributed by atoms with Gasteiger partial charge in [0.05, 0.1) is 6.10 Å². The van der Waals surface area contributed by atoms with Gasteiger partial charge in [-0.3, -0.25) is 4.79 Å². The van der Waals surface area contributed by atoms with Crippen LogP contribution in [0.25, 0.3) is 0 Å². The lowest BCUT2D eigenvalue weighted by molar-refractivity contribution is -0.134. The first-order valence-electron chi connectivity index (χ1n) is 10.4. The zero-order valence-corrected chi connectivity index (χ0v) is 16.6. The molecule has 1 saturated heterocycles. The highest BCUT2D eigenvalue weighted by atomic mass is 16.5. The van der Waals surface area contributed by atoms with E-state index in [1.165, 1.54) is 11.1 Å². The van der Waals surface area contributed by atoms with Gasteiger partial charge >= 0.3 is 0 Å². The molecular weight excluding hydrogens is 348 g/mol. The van der Waals surface area contributed by atoms with Crippen molar-refractivity contribution in [1.29, 1.82) is 0 Å². The summed E-state index contributed by atoms with van der Waals surface area (Å²) in [6.45, 7) is 2.97. The van der Waals surface area contributed by atoms with Gasteiger partial charge in [-0.25, -0.2) is 0 Å². The molecule has 3 rings (SSSR count). The van der Waals surface area contributed by atoms with Gasteiger partial charge in [0.1, 0.15) is 0 Å². The predicted molar refractivity (Wildman–Crippen MR) is 113 cm³/mol. The Hall–Kier alpha value is -2.17. The molecule has 0 saturated carbocycles. The zero-order chi connectivity index (χ0) is 19.6. The number of nitrogens with two attached hydrogens (primary N) is 1. The van der Waals surface area contributed by atoms with Crippen molar-refractivity contribution in [3.63, 3.8) is 0 Å². The van der Waals surface area contributed by atoms with Crippen molar-refractivity contribution in [3.05, 3.63) is 71.8 Å². The summed E-state index contributed by atoms with van der Waals surface area (Å²) in [5, 5.41) is 0. The Balaban J connectivity index is 1.57. The zero-order valence-electron chi connectivity index (χ0n) is 16.6. The quantitative estimate of drug-likeness (QED) is 0.674. The highest BCUT2D eigenvalue weighted by Gasteiger charge is 2.25. The van der Waals surface area contributed by atoms with Gasteiger partial charge in [0.2, 0.25) is 5.91 Å². The van der Waals surface area contributed by atoms with Gasteiger partial charge in [-0.05, 0) is 49.3 Å². The van der Waals surface area contributed by atoms with E-state index in [0.29, 0.717) is 13.0 Å². The van der Waals surface area contributed by atoms with Crippen molar-refractivity contribution < 1.29 is 9.53 Å². The number of benzene rings is 2. The second kappa shape index (κ2) is 11.0. The van der Waals surface area contributed by atoms with Crippen LogP contribution in [0.1, 0.15) is 42.7 Å². The van der Waals surface area contributed by atoms with Gasteiger partial charge in [-0.1, -0.05) is 60.7 Å². The maximum absolute atomic E-state index is 13.0. The van der Waals surface area contributed by atoms with E-state index < -0.39 is 0 Å². The number of carbonyl (C=O) groups excluding carboxylic acids is 1. The molecule has 0 aromatic heterocycles. The van der Waals surface area contributed by atoms with Gasteiger partial charge in [0, 0.05) is 26.1 Å². The van der Waals surface area contributed by atoms with Crippen LogP contribution in [0.15, 0.2) is 60.7 Å². The molecular formula is C24H32N2O2. The SMILES string of the molecule is NCCCOC1CCN(C(=O)CC(Cc2ccccc2)c2ccccc2)CC1. The fraction of sp³-hybridized carbons (Fsp3) is 0.458. The molecule has 2 aromatic carbocycles. The minimum atomic E-state index is 0.203. The summed E-state index contributed by atoms with van der Waals surface area (Å²) in [5.74, 6) is 0.458. The summed E-state index contributed by atoms with van der Waals surface area (Å²) < 4.78 is 5.86. The topological polar surface area (TPSA) is 55.6 Å². The number of ether oxygens (including phenoxy) is 1. The van der Waals surface area contributed by atoms with Gasteiger partial charge in [-0.2, -0.15) is 0 Å². The van der Waals surface area contributed by atoms with Crippen LogP contribution in [-0.4, -0.2) is 43.2 Å². The summed E-state index contributed by atoms with van der Waals surface area (Å²) in [7, 11) is 0. The Labute approximate surface area is 168 Å². The Morgan fingerprint density at radius 2 is 1.68 bits per heavy atom. The summed E-state index contributed by atoms with van der Waals surface area (Å²) in [6.07, 6.45) is 4.45. The average Bonchev–Trinajstić information content (AvgIpc) is 2.75. The van der Waals surface area contributed by atoms with E-state index in [2.05, 4.69) is 48.5 Å². The number of carbonyl (C=O) groups is 1. The van der Waals surface area contributed by atoms with E-state index in [0.717, 1.165) is 45.4 Å². The summed E-state index contributed by atoms with van der Waals surface area (Å²) in [6, 6.07) is 20.9. The molecule has 1 aliphatic heterocycles. The highest BCUT2D eigenvalue weighted by molar-refractivity contribution is 5.77. The van der Waals surface area contributed by atoms with Crippen LogP contribution in [0, 0.1) is 0 Å². The monoisotopic (exact) mass is 380 g/mol. The fourth-order valence-electron chi connectivity index (χ4n) is 3.88. The Morgan fingerprint density at radius 1 is 1.04 bits per heavy atom. The molecule has 1 heterocycles. The van der Waals surface area contributed by atoms with Crippen molar-refractivity contribution in [1.82, 2.24) is 4.90 Å². The molecule has 0 bridgehead atoms. The number of amides is 1. The largest absolute Gasteiger partial charge is 0.378 e. The molecule has 2 aromatic rings. The fourth-order valence-corrected chi connectivity index (χ4v) is 3.88. The molecule has 150 valence electrons. The standard InChI is InChI=1S/C24H32N2O2/c25-14-7-17-28-23-12-15-26(16-13-23)24(27)19-22(21-10-5-2-6-11-21)18-20-8-3-1-4-9-20/h1-6,8-11,22-23H,7,12-19,25H2. The van der Waals surface area contributed by atoms with Gasteiger partial charge in [-0.15, -0.1) is 0 Å². The lowest BCUT2D eigenvalue weighted by Gasteiger charge is -2.33. The van der Waals surface area contributed by atoms with Crippen molar-refractivity contribution in [2.45, 2.75) is 44.1 Å². The third-order valence-corrected chi connectivity index (χ3v) is 5.51. The second-order valence-corrected chi connectivity index (χ2v) is 7.59. The van der Waals surface area contributed by atoms with Crippen molar-refractivity contribution in [2.24, 2.45) is 5.73 Å². The van der Waals surface area contributed by atoms with Gasteiger partial charge in [0.25, 0.3) is 0 Å². The van der Waals surface area contributed by atoms with Crippen LogP contribution in [0.3, 0.4) is 0 Å². The first kappa shape index (κ1) is 20.6. The first-order chi connectivity index (χ1) is 13.8. The van der Waals surface area contributed by atoms with Crippen LogP contribution in [0.2, 0.25) is 0 Å². The molecule has 2 N–H and O–H groups in total. The number of piperidine rings is 1. The van der Waals surface area contributed by atoms with E-state index in [9.17, 15) is 4.79 Å².